The molecule has 0 amide bonds. The lowest BCUT2D eigenvalue weighted by atomic mass is 10.0. The fraction of sp³-hybridized carbons (Fsp3) is 1.00. The summed E-state index contributed by atoms with van der Waals surface area (Å²) < 4.78 is 5.33. The van der Waals surface area contributed by atoms with Gasteiger partial charge < -0.3 is 9.84 Å². The minimum absolute atomic E-state index is 0.206. The van der Waals surface area contributed by atoms with Crippen molar-refractivity contribution < 1.29 is 9.84 Å². The van der Waals surface area contributed by atoms with Crippen molar-refractivity contribution in [2.45, 2.75) is 45.6 Å². The Bertz CT molecular complexity index is 102. The van der Waals surface area contributed by atoms with E-state index in [4.69, 9.17) is 9.84 Å². The number of aliphatic hydroxyl groups is 1. The van der Waals surface area contributed by atoms with E-state index < -0.39 is 6.41 Å². The molecule has 0 aliphatic carbocycles. The van der Waals surface area contributed by atoms with E-state index in [1.807, 2.05) is 20.8 Å². The van der Waals surface area contributed by atoms with Gasteiger partial charge in [0.1, 0.15) is 0 Å². The summed E-state index contributed by atoms with van der Waals surface area (Å²) in [6, 6.07) is 0. The number of nitrogens with one attached hydrogen (secondary N) is 1. The molecular formula is C8H19NO2. The van der Waals surface area contributed by atoms with Gasteiger partial charge in [-0.1, -0.05) is 13.8 Å². The van der Waals surface area contributed by atoms with E-state index in [1.165, 1.54) is 0 Å². The number of rotatable bonds is 5. The van der Waals surface area contributed by atoms with Crippen LogP contribution in [-0.4, -0.2) is 24.2 Å². The first kappa shape index (κ1) is 10.9. The molecule has 68 valence electrons. The lowest BCUT2D eigenvalue weighted by Gasteiger charge is -2.29. The molecule has 0 saturated carbocycles. The van der Waals surface area contributed by atoms with Crippen LogP contribution in [0.4, 0.5) is 0 Å². The SMILES string of the molecule is CCC(C)(CC)OC(O)NC. The van der Waals surface area contributed by atoms with E-state index in [2.05, 4.69) is 5.32 Å². The van der Waals surface area contributed by atoms with Crippen LogP contribution >= 0.6 is 0 Å². The minimum Gasteiger partial charge on any atom is -0.356 e. The second-order valence-corrected chi connectivity index (χ2v) is 2.92. The maximum absolute atomic E-state index is 9.12. The minimum atomic E-state index is -0.847. The van der Waals surface area contributed by atoms with Crippen LogP contribution in [-0.2, 0) is 4.74 Å². The van der Waals surface area contributed by atoms with E-state index in [0.29, 0.717) is 0 Å². The Kier molecular flexibility index (Phi) is 4.65. The summed E-state index contributed by atoms with van der Waals surface area (Å²) >= 11 is 0. The molecule has 0 radical (unpaired) electrons. The van der Waals surface area contributed by atoms with Gasteiger partial charge in [-0.2, -0.15) is 0 Å². The molecule has 0 aromatic heterocycles. The molecule has 1 unspecified atom stereocenters. The molecule has 0 fully saturated rings. The first-order valence-corrected chi connectivity index (χ1v) is 4.11. The quantitative estimate of drug-likeness (QED) is 0.593. The maximum Gasteiger partial charge on any atom is 0.213 e. The summed E-state index contributed by atoms with van der Waals surface area (Å²) in [7, 11) is 1.66. The molecule has 0 aromatic rings. The molecule has 3 nitrogen and oxygen atoms in total. The molecule has 0 aliphatic heterocycles. The largest absolute Gasteiger partial charge is 0.356 e. The third kappa shape index (κ3) is 3.70. The van der Waals surface area contributed by atoms with Crippen LogP contribution in [0.25, 0.3) is 0 Å². The summed E-state index contributed by atoms with van der Waals surface area (Å²) in [4.78, 5) is 0. The fourth-order valence-corrected chi connectivity index (χ4v) is 0.745. The van der Waals surface area contributed by atoms with Gasteiger partial charge in [-0.15, -0.1) is 0 Å². The van der Waals surface area contributed by atoms with Crippen molar-refractivity contribution in [3.05, 3.63) is 0 Å². The Balaban J connectivity index is 3.86. The summed E-state index contributed by atoms with van der Waals surface area (Å²) in [5, 5.41) is 11.7. The third-order valence-electron chi connectivity index (χ3n) is 2.14. The molecule has 0 heterocycles. The number of ether oxygens (including phenoxy) is 1. The Labute approximate surface area is 68.8 Å². The first-order valence-electron chi connectivity index (χ1n) is 4.11. The van der Waals surface area contributed by atoms with E-state index >= 15 is 0 Å². The van der Waals surface area contributed by atoms with Crippen LogP contribution in [0.15, 0.2) is 0 Å². The van der Waals surface area contributed by atoms with Crippen LogP contribution in [0.5, 0.6) is 0 Å². The molecule has 0 aliphatic rings. The number of hydrogen-bond acceptors (Lipinski definition) is 3. The smallest absolute Gasteiger partial charge is 0.213 e. The second-order valence-electron chi connectivity index (χ2n) is 2.92. The second kappa shape index (κ2) is 4.70. The molecule has 11 heavy (non-hydrogen) atoms. The highest BCUT2D eigenvalue weighted by atomic mass is 16.6. The van der Waals surface area contributed by atoms with Crippen molar-refractivity contribution in [1.29, 1.82) is 0 Å². The van der Waals surface area contributed by atoms with E-state index in [0.717, 1.165) is 12.8 Å². The molecule has 3 heteroatoms. The zero-order valence-corrected chi connectivity index (χ0v) is 7.85. The first-order chi connectivity index (χ1) is 5.08. The fourth-order valence-electron chi connectivity index (χ4n) is 0.745. The van der Waals surface area contributed by atoms with Crippen LogP contribution < -0.4 is 5.32 Å². The Morgan fingerprint density at radius 1 is 1.45 bits per heavy atom. The van der Waals surface area contributed by atoms with Crippen LogP contribution in [0, 0.1) is 0 Å². The summed E-state index contributed by atoms with van der Waals surface area (Å²) in [6.45, 7) is 6.09. The molecular weight excluding hydrogens is 142 g/mol. The highest BCUT2D eigenvalue weighted by Crippen LogP contribution is 2.19. The van der Waals surface area contributed by atoms with Crippen molar-refractivity contribution in [2.75, 3.05) is 7.05 Å². The predicted molar refractivity (Wildman–Crippen MR) is 45.1 cm³/mol. The van der Waals surface area contributed by atoms with Crippen LogP contribution in [0.3, 0.4) is 0 Å². The van der Waals surface area contributed by atoms with Gasteiger partial charge in [-0.05, 0) is 26.8 Å². The molecule has 0 rings (SSSR count). The third-order valence-corrected chi connectivity index (χ3v) is 2.14. The van der Waals surface area contributed by atoms with Crippen molar-refractivity contribution in [1.82, 2.24) is 5.32 Å². The highest BCUT2D eigenvalue weighted by molar-refractivity contribution is 4.70. The van der Waals surface area contributed by atoms with E-state index in [9.17, 15) is 0 Å². The van der Waals surface area contributed by atoms with Crippen molar-refractivity contribution in [3.63, 3.8) is 0 Å². The molecule has 2 N–H and O–H groups in total. The Hall–Kier alpha value is -0.120. The van der Waals surface area contributed by atoms with E-state index in [1.54, 1.807) is 7.05 Å². The van der Waals surface area contributed by atoms with Gasteiger partial charge in [0, 0.05) is 0 Å². The van der Waals surface area contributed by atoms with Gasteiger partial charge >= 0.3 is 0 Å². The van der Waals surface area contributed by atoms with Gasteiger partial charge in [0.2, 0.25) is 6.41 Å². The van der Waals surface area contributed by atoms with Crippen LogP contribution in [0.2, 0.25) is 0 Å². The molecule has 0 aromatic carbocycles. The summed E-state index contributed by atoms with van der Waals surface area (Å²) in [6.07, 6.45) is 0.963. The van der Waals surface area contributed by atoms with Gasteiger partial charge in [0.25, 0.3) is 0 Å². The van der Waals surface area contributed by atoms with Gasteiger partial charge in [-0.25, -0.2) is 0 Å². The Morgan fingerprint density at radius 3 is 2.18 bits per heavy atom. The number of aliphatic hydroxyl groups excluding tert-OH is 1. The van der Waals surface area contributed by atoms with Gasteiger partial charge in [0.15, 0.2) is 0 Å². The molecule has 0 saturated heterocycles. The maximum atomic E-state index is 9.12. The number of hydrogen-bond donors (Lipinski definition) is 2. The topological polar surface area (TPSA) is 41.5 Å². The summed E-state index contributed by atoms with van der Waals surface area (Å²) in [5.74, 6) is 0. The van der Waals surface area contributed by atoms with Gasteiger partial charge in [-0.3, -0.25) is 5.32 Å². The molecule has 1 atom stereocenters. The lowest BCUT2D eigenvalue weighted by molar-refractivity contribution is -0.193. The average Bonchev–Trinajstić information content (AvgIpc) is 2.04. The van der Waals surface area contributed by atoms with Crippen molar-refractivity contribution in [2.24, 2.45) is 0 Å². The van der Waals surface area contributed by atoms with E-state index in [-0.39, 0.29) is 5.60 Å². The Morgan fingerprint density at radius 2 is 1.91 bits per heavy atom. The van der Waals surface area contributed by atoms with Gasteiger partial charge in [0.05, 0.1) is 5.60 Å². The monoisotopic (exact) mass is 161 g/mol. The highest BCUT2D eigenvalue weighted by Gasteiger charge is 2.22. The van der Waals surface area contributed by atoms with Crippen molar-refractivity contribution in [3.8, 4) is 0 Å². The molecule has 0 spiro atoms. The summed E-state index contributed by atoms with van der Waals surface area (Å²) in [5.41, 5.74) is -0.206. The normalized spacial score (nSPS) is 15.0. The predicted octanol–water partition coefficient (Wildman–Crippen LogP) is 1.08. The zero-order valence-electron chi connectivity index (χ0n) is 7.85. The van der Waals surface area contributed by atoms with Crippen molar-refractivity contribution >= 4 is 0 Å². The lowest BCUT2D eigenvalue weighted by Crippen LogP contribution is -2.38. The van der Waals surface area contributed by atoms with Crippen LogP contribution in [0.1, 0.15) is 33.6 Å². The zero-order chi connectivity index (χ0) is 8.91. The average molecular weight is 161 g/mol. The standard InChI is InChI=1S/C8H19NO2/c1-5-8(3,6-2)11-7(10)9-4/h7,9-10H,5-6H2,1-4H3. The molecule has 0 bridgehead atoms.